The van der Waals surface area contributed by atoms with Gasteiger partial charge in [0.1, 0.15) is 0 Å². The number of benzene rings is 12. The van der Waals surface area contributed by atoms with E-state index in [4.69, 9.17) is 0 Å². The van der Waals surface area contributed by atoms with Gasteiger partial charge in [0.05, 0.1) is 33.4 Å². The van der Waals surface area contributed by atoms with Crippen LogP contribution in [0.4, 0.5) is 34.1 Å². The molecule has 4 heterocycles. The number of fused-ring (bicyclic) bond motifs is 11. The van der Waals surface area contributed by atoms with Crippen LogP contribution in [0.3, 0.4) is 0 Å². The maximum absolute atomic E-state index is 2.62. The zero-order valence-corrected chi connectivity index (χ0v) is 42.0. The first-order valence-electron chi connectivity index (χ1n) is 26.6. The lowest BCUT2D eigenvalue weighted by atomic mass is 9.33. The minimum absolute atomic E-state index is 0.126. The van der Waals surface area contributed by atoms with Crippen molar-refractivity contribution in [3.63, 3.8) is 0 Å². The second-order valence-corrected chi connectivity index (χ2v) is 20.4. The Bertz CT molecular complexity index is 4570. The third-order valence-electron chi connectivity index (χ3n) is 16.3. The molecule has 4 nitrogen and oxygen atoms in total. The van der Waals surface area contributed by atoms with E-state index in [1.54, 1.807) is 0 Å². The molecule has 2 aliphatic heterocycles. The second kappa shape index (κ2) is 17.2. The molecule has 0 spiro atoms. The first-order chi connectivity index (χ1) is 38.2. The van der Waals surface area contributed by atoms with Gasteiger partial charge in [0, 0.05) is 55.7 Å². The SMILES string of the molecule is c1ccc(-c2ccc(N3c4cc(-c5ccccc5)ccc4B4c5ccc6c(c5N(c5cccc(-c7ccccc7)c5)c5cc(-n7c8ccccc8c8ccccc87)cc3c54)c3ccccc3n6-c3ccccc3)cc2)cc1. The Balaban J connectivity index is 1.07. The molecule has 0 saturated carbocycles. The normalized spacial score (nSPS) is 12.6. The summed E-state index contributed by atoms with van der Waals surface area (Å²) in [5.41, 5.74) is 24.6. The average molecular weight is 979 g/mol. The molecular formula is C72H47BN4. The van der Waals surface area contributed by atoms with E-state index in [1.165, 1.54) is 93.7 Å². The highest BCUT2D eigenvalue weighted by atomic mass is 15.2. The van der Waals surface area contributed by atoms with E-state index < -0.39 is 0 Å². The Kier molecular flexibility index (Phi) is 9.70. The molecule has 0 N–H and O–H groups in total. The smallest absolute Gasteiger partial charge is 0.252 e. The molecule has 12 aromatic carbocycles. The fraction of sp³-hybridized carbons (Fsp3) is 0. The van der Waals surface area contributed by atoms with Crippen LogP contribution in [0.2, 0.25) is 0 Å². The van der Waals surface area contributed by atoms with Crippen molar-refractivity contribution in [2.75, 3.05) is 9.80 Å². The molecule has 358 valence electrons. The summed E-state index contributed by atoms with van der Waals surface area (Å²) < 4.78 is 4.96. The van der Waals surface area contributed by atoms with Gasteiger partial charge in [-0.25, -0.2) is 0 Å². The van der Waals surface area contributed by atoms with Crippen molar-refractivity contribution in [1.82, 2.24) is 9.13 Å². The Labute approximate surface area is 447 Å². The van der Waals surface area contributed by atoms with Gasteiger partial charge in [-0.15, -0.1) is 0 Å². The summed E-state index contributed by atoms with van der Waals surface area (Å²) in [5.74, 6) is 0. The Morgan fingerprint density at radius 3 is 1.34 bits per heavy atom. The minimum Gasteiger partial charge on any atom is -0.311 e. The fourth-order valence-corrected chi connectivity index (χ4v) is 12.9. The molecular weight excluding hydrogens is 932 g/mol. The summed E-state index contributed by atoms with van der Waals surface area (Å²) in [6.45, 7) is -0.126. The summed E-state index contributed by atoms with van der Waals surface area (Å²) in [6, 6.07) is 105. The monoisotopic (exact) mass is 978 g/mol. The maximum atomic E-state index is 2.62. The van der Waals surface area contributed by atoms with E-state index in [9.17, 15) is 0 Å². The van der Waals surface area contributed by atoms with Crippen molar-refractivity contribution in [1.29, 1.82) is 0 Å². The molecule has 5 heteroatoms. The Morgan fingerprint density at radius 1 is 0.247 bits per heavy atom. The lowest BCUT2D eigenvalue weighted by molar-refractivity contribution is 1.16. The predicted octanol–water partition coefficient (Wildman–Crippen LogP) is 17.0. The predicted molar refractivity (Wildman–Crippen MR) is 325 cm³/mol. The highest BCUT2D eigenvalue weighted by molar-refractivity contribution is 7.00. The van der Waals surface area contributed by atoms with Gasteiger partial charge in [-0.05, 0) is 129 Å². The second-order valence-electron chi connectivity index (χ2n) is 20.4. The quantitative estimate of drug-likeness (QED) is 0.148. The largest absolute Gasteiger partial charge is 0.311 e. The maximum Gasteiger partial charge on any atom is 0.252 e. The molecule has 2 aromatic heterocycles. The fourth-order valence-electron chi connectivity index (χ4n) is 12.9. The van der Waals surface area contributed by atoms with Crippen LogP contribution < -0.4 is 26.2 Å². The van der Waals surface area contributed by atoms with Gasteiger partial charge in [-0.2, -0.15) is 0 Å². The van der Waals surface area contributed by atoms with Crippen molar-refractivity contribution in [3.05, 3.63) is 285 Å². The standard InChI is InChI=1S/C72H47BN4/c1-5-20-48(21-6-1)51-36-39-55(40-37-51)75-67-45-53(50-24-9-3-10-25-50)38-41-61(67)73-62-42-43-66-70(60-32-15-18-35-65(60)74(66)54-27-11-4-12-28-54)72(62)77(56-29-19-26-52(44-56)49-22-7-2-8-23-49)69-47-57(46-68(75)71(69)73)76-63-33-16-13-30-58(63)59-31-14-17-34-64(59)76/h1-47H. The van der Waals surface area contributed by atoms with Crippen molar-refractivity contribution >= 4 is 101 Å². The van der Waals surface area contributed by atoms with Gasteiger partial charge < -0.3 is 18.9 Å². The van der Waals surface area contributed by atoms with Gasteiger partial charge in [0.25, 0.3) is 6.71 Å². The van der Waals surface area contributed by atoms with E-state index in [-0.39, 0.29) is 6.71 Å². The van der Waals surface area contributed by atoms with E-state index in [0.29, 0.717) is 0 Å². The number of nitrogens with zero attached hydrogens (tertiary/aromatic N) is 4. The number of rotatable bonds is 7. The Hall–Kier alpha value is -10.1. The molecule has 16 rings (SSSR count). The average Bonchev–Trinajstić information content (AvgIpc) is 4.13. The van der Waals surface area contributed by atoms with Gasteiger partial charge >= 0.3 is 0 Å². The van der Waals surface area contributed by atoms with Crippen molar-refractivity contribution in [3.8, 4) is 44.8 Å². The molecule has 0 aliphatic carbocycles. The molecule has 0 radical (unpaired) electrons. The topological polar surface area (TPSA) is 16.3 Å². The van der Waals surface area contributed by atoms with Crippen molar-refractivity contribution < 1.29 is 0 Å². The molecule has 2 aliphatic rings. The zero-order chi connectivity index (χ0) is 50.6. The summed E-state index contributed by atoms with van der Waals surface area (Å²) in [7, 11) is 0. The first-order valence-corrected chi connectivity index (χ1v) is 26.6. The molecule has 0 unspecified atom stereocenters. The van der Waals surface area contributed by atoms with Gasteiger partial charge in [0.15, 0.2) is 0 Å². The van der Waals surface area contributed by atoms with Crippen LogP contribution in [-0.4, -0.2) is 15.8 Å². The molecule has 0 saturated heterocycles. The van der Waals surface area contributed by atoms with Crippen LogP contribution in [0.1, 0.15) is 0 Å². The molecule has 0 fully saturated rings. The van der Waals surface area contributed by atoms with Gasteiger partial charge in [0.2, 0.25) is 0 Å². The number of hydrogen-bond acceptors (Lipinski definition) is 2. The Morgan fingerprint density at radius 2 is 0.701 bits per heavy atom. The third kappa shape index (κ3) is 6.67. The van der Waals surface area contributed by atoms with Crippen LogP contribution in [0.25, 0.3) is 88.4 Å². The minimum atomic E-state index is -0.126. The molecule has 14 aromatic rings. The molecule has 0 amide bonds. The highest BCUT2D eigenvalue weighted by Gasteiger charge is 2.45. The van der Waals surface area contributed by atoms with Crippen LogP contribution in [0.15, 0.2) is 285 Å². The number of para-hydroxylation sites is 4. The van der Waals surface area contributed by atoms with E-state index >= 15 is 0 Å². The summed E-state index contributed by atoms with van der Waals surface area (Å²) >= 11 is 0. The van der Waals surface area contributed by atoms with Crippen molar-refractivity contribution in [2.24, 2.45) is 0 Å². The number of hydrogen-bond donors (Lipinski definition) is 0. The molecule has 77 heavy (non-hydrogen) atoms. The lowest BCUT2D eigenvalue weighted by Crippen LogP contribution is -2.61. The van der Waals surface area contributed by atoms with E-state index in [0.717, 1.165) is 45.2 Å². The van der Waals surface area contributed by atoms with Gasteiger partial charge in [-0.1, -0.05) is 206 Å². The van der Waals surface area contributed by atoms with Crippen LogP contribution in [0, 0.1) is 0 Å². The van der Waals surface area contributed by atoms with E-state index in [1.807, 2.05) is 0 Å². The highest BCUT2D eigenvalue weighted by Crippen LogP contribution is 2.50. The van der Waals surface area contributed by atoms with Crippen LogP contribution in [0.5, 0.6) is 0 Å². The van der Waals surface area contributed by atoms with Gasteiger partial charge in [-0.3, -0.25) is 0 Å². The zero-order valence-electron chi connectivity index (χ0n) is 42.0. The molecule has 0 bridgehead atoms. The van der Waals surface area contributed by atoms with Crippen LogP contribution >= 0.6 is 0 Å². The molecule has 0 atom stereocenters. The third-order valence-corrected chi connectivity index (χ3v) is 16.3. The first kappa shape index (κ1) is 43.3. The van der Waals surface area contributed by atoms with E-state index in [2.05, 4.69) is 304 Å². The van der Waals surface area contributed by atoms with Crippen LogP contribution in [-0.2, 0) is 0 Å². The summed E-state index contributed by atoms with van der Waals surface area (Å²) in [6.07, 6.45) is 0. The summed E-state index contributed by atoms with van der Waals surface area (Å²) in [4.78, 5) is 5.19. The number of aromatic nitrogens is 2. The lowest BCUT2D eigenvalue weighted by Gasteiger charge is -2.45. The number of anilines is 6. The van der Waals surface area contributed by atoms with Crippen molar-refractivity contribution in [2.45, 2.75) is 0 Å². The summed E-state index contributed by atoms with van der Waals surface area (Å²) in [5, 5.41) is 4.90.